The van der Waals surface area contributed by atoms with Crippen molar-refractivity contribution in [2.45, 2.75) is 13.0 Å². The molecule has 0 saturated carbocycles. The minimum atomic E-state index is -0.368. The van der Waals surface area contributed by atoms with Crippen LogP contribution in [0.2, 0.25) is 5.02 Å². The van der Waals surface area contributed by atoms with E-state index in [0.717, 1.165) is 10.2 Å². The molecule has 104 valence electrons. The van der Waals surface area contributed by atoms with Crippen molar-refractivity contribution in [3.63, 3.8) is 0 Å². The first kappa shape index (κ1) is 14.9. The van der Waals surface area contributed by atoms with E-state index >= 15 is 0 Å². The Labute approximate surface area is 131 Å². The first-order valence-electron chi connectivity index (χ1n) is 6.14. The van der Waals surface area contributed by atoms with Crippen molar-refractivity contribution in [1.29, 1.82) is 0 Å². The van der Waals surface area contributed by atoms with Crippen LogP contribution in [0.4, 0.5) is 11.4 Å². The summed E-state index contributed by atoms with van der Waals surface area (Å²) >= 11 is 9.38. The first-order valence-corrected chi connectivity index (χ1v) is 7.31. The van der Waals surface area contributed by atoms with Gasteiger partial charge in [-0.2, -0.15) is 0 Å². The van der Waals surface area contributed by atoms with Crippen LogP contribution in [0, 0.1) is 0 Å². The van der Waals surface area contributed by atoms with Gasteiger partial charge < -0.3 is 10.6 Å². The minimum Gasteiger partial charge on any atom is -0.374 e. The maximum absolute atomic E-state index is 12.1. The minimum absolute atomic E-state index is 0.138. The molecule has 0 unspecified atom stereocenters. The molecule has 0 aliphatic rings. The highest BCUT2D eigenvalue weighted by Gasteiger charge is 2.13. The van der Waals surface area contributed by atoms with E-state index in [9.17, 15) is 4.79 Å². The average Bonchev–Trinajstić information content (AvgIpc) is 2.44. The summed E-state index contributed by atoms with van der Waals surface area (Å²) in [6.07, 6.45) is 0. The van der Waals surface area contributed by atoms with E-state index in [2.05, 4.69) is 26.6 Å². The molecule has 0 saturated heterocycles. The topological polar surface area (TPSA) is 41.1 Å². The van der Waals surface area contributed by atoms with Crippen LogP contribution in [0.1, 0.15) is 6.92 Å². The lowest BCUT2D eigenvalue weighted by molar-refractivity contribution is -0.116. The highest BCUT2D eigenvalue weighted by atomic mass is 79.9. The van der Waals surface area contributed by atoms with Crippen molar-refractivity contribution in [2.24, 2.45) is 0 Å². The SMILES string of the molecule is C[C@H](Nc1ccc(Br)cc1)C(=O)Nc1ccccc1Cl. The zero-order valence-corrected chi connectivity index (χ0v) is 13.2. The van der Waals surface area contributed by atoms with Crippen LogP contribution in [-0.4, -0.2) is 11.9 Å². The molecule has 0 spiro atoms. The second kappa shape index (κ2) is 6.77. The van der Waals surface area contributed by atoms with Crippen LogP contribution in [0.5, 0.6) is 0 Å². The maximum Gasteiger partial charge on any atom is 0.246 e. The number of rotatable bonds is 4. The molecule has 0 aliphatic heterocycles. The zero-order valence-electron chi connectivity index (χ0n) is 10.9. The number of halogens is 2. The van der Waals surface area contributed by atoms with E-state index in [-0.39, 0.29) is 11.9 Å². The molecule has 5 heteroatoms. The molecule has 2 rings (SSSR count). The second-order valence-electron chi connectivity index (χ2n) is 4.34. The largest absolute Gasteiger partial charge is 0.374 e. The lowest BCUT2D eigenvalue weighted by atomic mass is 10.2. The standard InChI is InChI=1S/C15H14BrClN2O/c1-10(18-12-8-6-11(16)7-9-12)15(20)19-14-5-3-2-4-13(14)17/h2-10,18H,1H3,(H,19,20)/t10-/m0/s1. The number of para-hydroxylation sites is 1. The Kier molecular flexibility index (Phi) is 5.04. The van der Waals surface area contributed by atoms with E-state index in [1.54, 1.807) is 19.1 Å². The molecular weight excluding hydrogens is 340 g/mol. The van der Waals surface area contributed by atoms with Crippen molar-refractivity contribution in [1.82, 2.24) is 0 Å². The third-order valence-corrected chi connectivity index (χ3v) is 3.61. The predicted octanol–water partition coefficient (Wildman–Crippen LogP) is 4.54. The molecule has 0 heterocycles. The molecule has 2 N–H and O–H groups in total. The molecular formula is C15H14BrClN2O. The fraction of sp³-hybridized carbons (Fsp3) is 0.133. The highest BCUT2D eigenvalue weighted by molar-refractivity contribution is 9.10. The Hall–Kier alpha value is -1.52. The fourth-order valence-electron chi connectivity index (χ4n) is 1.67. The Balaban J connectivity index is 1.99. The van der Waals surface area contributed by atoms with Crippen LogP contribution in [0.25, 0.3) is 0 Å². The number of nitrogens with one attached hydrogen (secondary N) is 2. The van der Waals surface area contributed by atoms with Crippen molar-refractivity contribution < 1.29 is 4.79 Å². The normalized spacial score (nSPS) is 11.8. The van der Waals surface area contributed by atoms with Gasteiger partial charge in [-0.1, -0.05) is 39.7 Å². The van der Waals surface area contributed by atoms with Gasteiger partial charge >= 0.3 is 0 Å². The number of amides is 1. The summed E-state index contributed by atoms with van der Waals surface area (Å²) in [5.74, 6) is -0.138. The van der Waals surface area contributed by atoms with Crippen molar-refractivity contribution in [3.05, 3.63) is 58.0 Å². The molecule has 0 bridgehead atoms. The summed E-state index contributed by atoms with van der Waals surface area (Å²) in [6, 6.07) is 14.4. The van der Waals surface area contributed by atoms with Gasteiger partial charge in [-0.05, 0) is 43.3 Å². The van der Waals surface area contributed by atoms with Crippen LogP contribution in [0.3, 0.4) is 0 Å². The smallest absolute Gasteiger partial charge is 0.246 e. The molecule has 2 aromatic rings. The van der Waals surface area contributed by atoms with Crippen molar-refractivity contribution in [3.8, 4) is 0 Å². The lowest BCUT2D eigenvalue weighted by Crippen LogP contribution is -2.31. The number of hydrogen-bond acceptors (Lipinski definition) is 2. The Morgan fingerprint density at radius 3 is 2.45 bits per heavy atom. The number of carbonyl (C=O) groups is 1. The van der Waals surface area contributed by atoms with Gasteiger partial charge in [0.05, 0.1) is 10.7 Å². The van der Waals surface area contributed by atoms with Gasteiger partial charge in [-0.3, -0.25) is 4.79 Å². The molecule has 20 heavy (non-hydrogen) atoms. The number of carbonyl (C=O) groups excluding carboxylic acids is 1. The number of anilines is 2. The van der Waals surface area contributed by atoms with Crippen LogP contribution < -0.4 is 10.6 Å². The van der Waals surface area contributed by atoms with Crippen molar-refractivity contribution in [2.75, 3.05) is 10.6 Å². The Morgan fingerprint density at radius 2 is 1.80 bits per heavy atom. The van der Waals surface area contributed by atoms with Gasteiger partial charge in [-0.25, -0.2) is 0 Å². The number of benzene rings is 2. The summed E-state index contributed by atoms with van der Waals surface area (Å²) in [4.78, 5) is 12.1. The third kappa shape index (κ3) is 3.99. The maximum atomic E-state index is 12.1. The average molecular weight is 354 g/mol. The van der Waals surface area contributed by atoms with Crippen LogP contribution >= 0.6 is 27.5 Å². The molecule has 3 nitrogen and oxygen atoms in total. The van der Waals surface area contributed by atoms with Gasteiger partial charge in [0.15, 0.2) is 0 Å². The van der Waals surface area contributed by atoms with Gasteiger partial charge in [0.2, 0.25) is 5.91 Å². The zero-order chi connectivity index (χ0) is 14.5. The highest BCUT2D eigenvalue weighted by Crippen LogP contribution is 2.21. The van der Waals surface area contributed by atoms with Crippen LogP contribution in [0.15, 0.2) is 53.0 Å². The first-order chi connectivity index (χ1) is 9.56. The van der Waals surface area contributed by atoms with Gasteiger partial charge in [0.1, 0.15) is 6.04 Å². The monoisotopic (exact) mass is 352 g/mol. The molecule has 0 aliphatic carbocycles. The summed E-state index contributed by atoms with van der Waals surface area (Å²) < 4.78 is 0.997. The third-order valence-electron chi connectivity index (χ3n) is 2.75. The lowest BCUT2D eigenvalue weighted by Gasteiger charge is -2.16. The molecule has 2 aromatic carbocycles. The molecule has 1 amide bonds. The van der Waals surface area contributed by atoms with E-state index in [1.165, 1.54) is 0 Å². The Morgan fingerprint density at radius 1 is 1.15 bits per heavy atom. The summed E-state index contributed by atoms with van der Waals surface area (Å²) in [5.41, 5.74) is 1.50. The number of hydrogen-bond donors (Lipinski definition) is 2. The van der Waals surface area contributed by atoms with E-state index in [1.807, 2.05) is 36.4 Å². The summed E-state index contributed by atoms with van der Waals surface area (Å²) in [7, 11) is 0. The van der Waals surface area contributed by atoms with Gasteiger partial charge in [-0.15, -0.1) is 0 Å². The van der Waals surface area contributed by atoms with Gasteiger partial charge in [0, 0.05) is 10.2 Å². The quantitative estimate of drug-likeness (QED) is 0.847. The van der Waals surface area contributed by atoms with E-state index in [0.29, 0.717) is 10.7 Å². The molecule has 1 atom stereocenters. The molecule has 0 fully saturated rings. The Bertz CT molecular complexity index is 601. The fourth-order valence-corrected chi connectivity index (χ4v) is 2.11. The molecule has 0 aromatic heterocycles. The van der Waals surface area contributed by atoms with E-state index < -0.39 is 0 Å². The predicted molar refractivity (Wildman–Crippen MR) is 87.3 cm³/mol. The second-order valence-corrected chi connectivity index (χ2v) is 5.66. The van der Waals surface area contributed by atoms with Crippen LogP contribution in [-0.2, 0) is 4.79 Å². The van der Waals surface area contributed by atoms with Crippen molar-refractivity contribution >= 4 is 44.8 Å². The molecule has 0 radical (unpaired) electrons. The van der Waals surface area contributed by atoms with E-state index in [4.69, 9.17) is 11.6 Å². The van der Waals surface area contributed by atoms with Gasteiger partial charge in [0.25, 0.3) is 0 Å². The summed E-state index contributed by atoms with van der Waals surface area (Å²) in [5, 5.41) is 6.46. The summed E-state index contributed by atoms with van der Waals surface area (Å²) in [6.45, 7) is 1.80.